The lowest BCUT2D eigenvalue weighted by Gasteiger charge is -2.23. The number of allylic oxidation sites excluding steroid dienone is 1. The van der Waals surface area contributed by atoms with Gasteiger partial charge in [0.05, 0.1) is 17.5 Å². The maximum atomic E-state index is 12.7. The van der Waals surface area contributed by atoms with Crippen molar-refractivity contribution >= 4 is 32.8 Å². The monoisotopic (exact) mass is 466 g/mol. The van der Waals surface area contributed by atoms with Gasteiger partial charge < -0.3 is 4.74 Å². The van der Waals surface area contributed by atoms with Crippen molar-refractivity contribution in [3.05, 3.63) is 65.3 Å². The van der Waals surface area contributed by atoms with Gasteiger partial charge in [0, 0.05) is 15.4 Å². The number of carbonyl (C=O) groups is 1. The predicted molar refractivity (Wildman–Crippen MR) is 108 cm³/mol. The Morgan fingerprint density at radius 3 is 2.45 bits per heavy atom. The topological polar surface area (TPSA) is 44.1 Å². The van der Waals surface area contributed by atoms with Gasteiger partial charge in [-0.25, -0.2) is 0 Å². The van der Waals surface area contributed by atoms with E-state index in [1.807, 2.05) is 48.5 Å². The molecule has 0 saturated carbocycles. The molecule has 0 unspecified atom stereocenters. The fraction of sp³-hybridized carbons (Fsp3) is 0.238. The molecule has 8 heteroatoms. The number of rotatable bonds is 5. The normalized spacial score (nSPS) is 12.2. The van der Waals surface area contributed by atoms with Crippen molar-refractivity contribution in [2.75, 3.05) is 0 Å². The quantitative estimate of drug-likeness (QED) is 0.336. The van der Waals surface area contributed by atoms with E-state index < -0.39 is 23.3 Å². The van der Waals surface area contributed by atoms with Gasteiger partial charge in [0.2, 0.25) is 5.76 Å². The van der Waals surface area contributed by atoms with Crippen LogP contribution in [0, 0.1) is 5.41 Å². The van der Waals surface area contributed by atoms with Crippen molar-refractivity contribution in [2.24, 2.45) is 5.41 Å². The minimum atomic E-state index is -4.79. The summed E-state index contributed by atoms with van der Waals surface area (Å²) in [6.45, 7) is 5.84. The number of halogens is 4. The summed E-state index contributed by atoms with van der Waals surface area (Å²) in [6.07, 6.45) is -4.79. The summed E-state index contributed by atoms with van der Waals surface area (Å²) in [5.74, 6) is -2.56. The van der Waals surface area contributed by atoms with Gasteiger partial charge in [0.25, 0.3) is 0 Å². The molecule has 0 bridgehead atoms. The Bertz CT molecular complexity index is 1070. The van der Waals surface area contributed by atoms with E-state index in [4.69, 9.17) is 0 Å². The number of hydrogen-bond donors (Lipinski definition) is 0. The molecule has 29 heavy (non-hydrogen) atoms. The molecule has 0 radical (unpaired) electrons. The zero-order valence-electron chi connectivity index (χ0n) is 15.8. The Labute approximate surface area is 174 Å². The molecular formula is C21H18BrF3N2O2. The minimum Gasteiger partial charge on any atom is -0.422 e. The molecule has 0 amide bonds. The number of carbonyl (C=O) groups excluding carboxylic acids is 1. The molecule has 1 aromatic heterocycles. The molecule has 3 rings (SSSR count). The van der Waals surface area contributed by atoms with Crippen LogP contribution in [0.25, 0.3) is 22.2 Å². The van der Waals surface area contributed by atoms with Crippen molar-refractivity contribution in [3.63, 3.8) is 0 Å². The van der Waals surface area contributed by atoms with Gasteiger partial charge in [0.15, 0.2) is 0 Å². The van der Waals surface area contributed by atoms with Crippen molar-refractivity contribution in [2.45, 2.75) is 26.6 Å². The lowest BCUT2D eigenvalue weighted by molar-refractivity contribution is -0.168. The fourth-order valence-corrected chi connectivity index (χ4v) is 3.19. The minimum absolute atomic E-state index is 0.0297. The van der Waals surface area contributed by atoms with E-state index >= 15 is 0 Å². The highest BCUT2D eigenvalue weighted by atomic mass is 79.9. The number of fused-ring (bicyclic) bond motifs is 1. The van der Waals surface area contributed by atoms with E-state index in [2.05, 4.69) is 32.3 Å². The van der Waals surface area contributed by atoms with Gasteiger partial charge in [-0.3, -0.25) is 9.48 Å². The van der Waals surface area contributed by atoms with E-state index in [0.29, 0.717) is 5.69 Å². The molecular weight excluding hydrogens is 449 g/mol. The van der Waals surface area contributed by atoms with E-state index in [-0.39, 0.29) is 6.54 Å². The third-order valence-electron chi connectivity index (χ3n) is 4.39. The first-order chi connectivity index (χ1) is 13.5. The Morgan fingerprint density at radius 2 is 1.83 bits per heavy atom. The molecule has 0 fully saturated rings. The summed E-state index contributed by atoms with van der Waals surface area (Å²) < 4.78 is 44.9. The van der Waals surface area contributed by atoms with E-state index in [1.165, 1.54) is 13.8 Å². The average molecular weight is 467 g/mol. The second kappa shape index (κ2) is 7.67. The highest BCUT2D eigenvalue weighted by Crippen LogP contribution is 2.33. The van der Waals surface area contributed by atoms with Crippen molar-refractivity contribution < 1.29 is 22.7 Å². The molecule has 0 aliphatic carbocycles. The molecule has 152 valence electrons. The summed E-state index contributed by atoms with van der Waals surface area (Å²) >= 11 is 3.45. The van der Waals surface area contributed by atoms with Crippen LogP contribution >= 0.6 is 15.9 Å². The molecule has 2 aromatic carbocycles. The lowest BCUT2D eigenvalue weighted by Crippen LogP contribution is -2.33. The Morgan fingerprint density at radius 1 is 1.17 bits per heavy atom. The Kier molecular flexibility index (Phi) is 5.58. The molecule has 0 spiro atoms. The molecule has 0 aliphatic heterocycles. The maximum absolute atomic E-state index is 12.7. The molecule has 0 aliphatic rings. The van der Waals surface area contributed by atoms with Gasteiger partial charge in [-0.15, -0.1) is 0 Å². The predicted octanol–water partition coefficient (Wildman–Crippen LogP) is 6.11. The number of aromatic nitrogens is 2. The van der Waals surface area contributed by atoms with Crippen LogP contribution in [0.5, 0.6) is 0 Å². The number of ether oxygens (including phenoxy) is 1. The SMILES string of the molecule is C=C(OC(=O)C(C)(C)Cn1nc(-c2ccccc2)c2cc(Br)ccc21)C(F)(F)F. The first-order valence-corrected chi connectivity index (χ1v) is 9.48. The van der Waals surface area contributed by atoms with Crippen LogP contribution in [-0.2, 0) is 16.1 Å². The maximum Gasteiger partial charge on any atom is 0.449 e. The number of alkyl halides is 3. The van der Waals surface area contributed by atoms with Gasteiger partial charge in [-0.05, 0) is 32.0 Å². The van der Waals surface area contributed by atoms with Crippen LogP contribution in [0.15, 0.2) is 65.3 Å². The summed E-state index contributed by atoms with van der Waals surface area (Å²) in [4.78, 5) is 12.4. The van der Waals surface area contributed by atoms with Crippen LogP contribution in [0.2, 0.25) is 0 Å². The second-order valence-electron chi connectivity index (χ2n) is 7.23. The highest BCUT2D eigenvalue weighted by Gasteiger charge is 2.39. The van der Waals surface area contributed by atoms with Crippen LogP contribution in [0.4, 0.5) is 13.2 Å². The van der Waals surface area contributed by atoms with Crippen LogP contribution < -0.4 is 0 Å². The first-order valence-electron chi connectivity index (χ1n) is 8.69. The second-order valence-corrected chi connectivity index (χ2v) is 8.14. The first kappa shape index (κ1) is 21.1. The summed E-state index contributed by atoms with van der Waals surface area (Å²) in [6, 6.07) is 15.1. The third-order valence-corrected chi connectivity index (χ3v) is 4.88. The number of esters is 1. The molecule has 0 saturated heterocycles. The largest absolute Gasteiger partial charge is 0.449 e. The van der Waals surface area contributed by atoms with E-state index in [0.717, 1.165) is 20.9 Å². The zero-order chi connectivity index (χ0) is 21.4. The number of hydrogen-bond acceptors (Lipinski definition) is 3. The Balaban J connectivity index is 1.98. The summed E-state index contributed by atoms with van der Waals surface area (Å²) in [5, 5.41) is 5.50. The number of nitrogens with zero attached hydrogens (tertiary/aromatic N) is 2. The van der Waals surface area contributed by atoms with Crippen LogP contribution in [0.3, 0.4) is 0 Å². The third kappa shape index (κ3) is 4.53. The molecule has 1 heterocycles. The van der Waals surface area contributed by atoms with Crippen LogP contribution in [-0.4, -0.2) is 21.9 Å². The van der Waals surface area contributed by atoms with Crippen LogP contribution in [0.1, 0.15) is 13.8 Å². The van der Waals surface area contributed by atoms with Crippen molar-refractivity contribution in [1.82, 2.24) is 9.78 Å². The highest BCUT2D eigenvalue weighted by molar-refractivity contribution is 9.10. The smallest absolute Gasteiger partial charge is 0.422 e. The molecule has 4 nitrogen and oxygen atoms in total. The lowest BCUT2D eigenvalue weighted by atomic mass is 9.93. The molecule has 0 atom stereocenters. The summed E-state index contributed by atoms with van der Waals surface area (Å²) in [7, 11) is 0. The van der Waals surface area contributed by atoms with E-state index in [1.54, 1.807) is 4.68 Å². The van der Waals surface area contributed by atoms with Crippen molar-refractivity contribution in [1.29, 1.82) is 0 Å². The van der Waals surface area contributed by atoms with Crippen molar-refractivity contribution in [3.8, 4) is 11.3 Å². The van der Waals surface area contributed by atoms with Gasteiger partial charge >= 0.3 is 12.1 Å². The molecule has 0 N–H and O–H groups in total. The standard InChI is InChI=1S/C21H18BrF3N2O2/c1-13(21(23,24)25)29-19(28)20(2,3)12-27-17-10-9-15(22)11-16(17)18(26-27)14-7-5-4-6-8-14/h4-11H,1,12H2,2-3H3. The zero-order valence-corrected chi connectivity index (χ0v) is 17.3. The van der Waals surface area contributed by atoms with E-state index in [9.17, 15) is 18.0 Å². The molecule has 3 aromatic rings. The fourth-order valence-electron chi connectivity index (χ4n) is 2.83. The Hall–Kier alpha value is -2.61. The van der Waals surface area contributed by atoms with Gasteiger partial charge in [0.1, 0.15) is 5.69 Å². The average Bonchev–Trinajstić information content (AvgIpc) is 2.98. The summed E-state index contributed by atoms with van der Waals surface area (Å²) in [5.41, 5.74) is 1.09. The van der Waals surface area contributed by atoms with Gasteiger partial charge in [-0.2, -0.15) is 18.3 Å². The number of benzene rings is 2. The van der Waals surface area contributed by atoms with Gasteiger partial charge in [-0.1, -0.05) is 52.8 Å².